The zero-order valence-corrected chi connectivity index (χ0v) is 19.6. The molecule has 3 heteroatoms. The van der Waals surface area contributed by atoms with E-state index in [1.807, 2.05) is 0 Å². The predicted molar refractivity (Wildman–Crippen MR) is 92.6 cm³/mol. The number of hydrogen-bond acceptors (Lipinski definition) is 0. The summed E-state index contributed by atoms with van der Waals surface area (Å²) in [5, 5.41) is 0. The van der Waals surface area contributed by atoms with Crippen LogP contribution in [0, 0.1) is 6.08 Å². The first-order valence-corrected chi connectivity index (χ1v) is 7.85. The van der Waals surface area contributed by atoms with E-state index in [9.17, 15) is 0 Å². The van der Waals surface area contributed by atoms with Crippen LogP contribution in [0.3, 0.4) is 0 Å². The van der Waals surface area contributed by atoms with Crippen molar-refractivity contribution in [1.82, 2.24) is 0 Å². The molecule has 25 heavy (non-hydrogen) atoms. The van der Waals surface area contributed by atoms with Crippen LogP contribution in [0.5, 0.6) is 0 Å². The smallest absolute Gasteiger partial charge is 0.0177 e. The van der Waals surface area contributed by atoms with Crippen molar-refractivity contribution >= 4 is 0 Å². The number of benzene rings is 2. The SMILES string of the molecule is CC1=CC(=C(C)C)[C-]=C1C1c2ccccc2-c2ccccc21.[Cl-].[Cl-].[Hf]. The van der Waals surface area contributed by atoms with Crippen molar-refractivity contribution < 1.29 is 50.7 Å². The van der Waals surface area contributed by atoms with Gasteiger partial charge in [-0.2, -0.15) is 17.2 Å². The second kappa shape index (κ2) is 8.66. The molecule has 0 aromatic heterocycles. The van der Waals surface area contributed by atoms with Crippen LogP contribution in [0.15, 0.2) is 76.9 Å². The number of rotatable bonds is 1. The Morgan fingerprint density at radius 2 is 1.32 bits per heavy atom. The van der Waals surface area contributed by atoms with Crippen molar-refractivity contribution in [2.75, 3.05) is 0 Å². The van der Waals surface area contributed by atoms with E-state index in [2.05, 4.69) is 81.5 Å². The van der Waals surface area contributed by atoms with Gasteiger partial charge in [0, 0.05) is 31.8 Å². The van der Waals surface area contributed by atoms with Crippen molar-refractivity contribution in [3.05, 3.63) is 94.1 Å². The quantitative estimate of drug-likeness (QED) is 0.354. The number of fused-ring (bicyclic) bond motifs is 3. The van der Waals surface area contributed by atoms with Crippen LogP contribution in [0.25, 0.3) is 11.1 Å². The van der Waals surface area contributed by atoms with E-state index in [0.29, 0.717) is 5.92 Å². The van der Waals surface area contributed by atoms with Crippen LogP contribution in [-0.4, -0.2) is 0 Å². The van der Waals surface area contributed by atoms with Crippen molar-refractivity contribution in [2.24, 2.45) is 0 Å². The summed E-state index contributed by atoms with van der Waals surface area (Å²) in [5.74, 6) is 0.320. The summed E-state index contributed by atoms with van der Waals surface area (Å²) in [6.07, 6.45) is 5.94. The first kappa shape index (κ1) is 22.2. The molecule has 0 fully saturated rings. The second-order valence-corrected chi connectivity index (χ2v) is 6.39. The summed E-state index contributed by atoms with van der Waals surface area (Å²) in [6, 6.07) is 17.6. The summed E-state index contributed by atoms with van der Waals surface area (Å²) < 4.78 is 0. The van der Waals surface area contributed by atoms with E-state index in [1.54, 1.807) is 0 Å². The molecule has 2 aliphatic rings. The molecule has 0 heterocycles. The molecule has 0 atom stereocenters. The van der Waals surface area contributed by atoms with E-state index >= 15 is 0 Å². The Morgan fingerprint density at radius 1 is 0.840 bits per heavy atom. The van der Waals surface area contributed by atoms with Crippen LogP contribution in [0.1, 0.15) is 37.8 Å². The summed E-state index contributed by atoms with van der Waals surface area (Å²) in [4.78, 5) is 0. The predicted octanol–water partition coefficient (Wildman–Crippen LogP) is -0.170. The third-order valence-electron chi connectivity index (χ3n) is 4.72. The molecular weight excluding hydrogens is 514 g/mol. The molecule has 0 bridgehead atoms. The van der Waals surface area contributed by atoms with Crippen LogP contribution >= 0.6 is 0 Å². The summed E-state index contributed by atoms with van der Waals surface area (Å²) >= 11 is 0. The monoisotopic (exact) mass is 533 g/mol. The summed E-state index contributed by atoms with van der Waals surface area (Å²) in [6.45, 7) is 6.53. The van der Waals surface area contributed by atoms with Crippen LogP contribution in [0.2, 0.25) is 0 Å². The number of hydrogen-bond donors (Lipinski definition) is 0. The maximum atomic E-state index is 3.67. The van der Waals surface area contributed by atoms with Gasteiger partial charge in [0.1, 0.15) is 0 Å². The molecule has 0 nitrogen and oxygen atoms in total. The van der Waals surface area contributed by atoms with E-state index < -0.39 is 0 Å². The average Bonchev–Trinajstić information content (AvgIpc) is 3.05. The van der Waals surface area contributed by atoms with E-state index in [-0.39, 0.29) is 50.7 Å². The van der Waals surface area contributed by atoms with Crippen molar-refractivity contribution in [3.8, 4) is 11.1 Å². The van der Waals surface area contributed by atoms with Crippen molar-refractivity contribution in [2.45, 2.75) is 26.7 Å². The largest absolute Gasteiger partial charge is 1.00 e. The fourth-order valence-corrected chi connectivity index (χ4v) is 3.61. The first-order chi connectivity index (χ1) is 10.7. The Balaban J connectivity index is 0.00000104. The van der Waals surface area contributed by atoms with Gasteiger partial charge in [0.15, 0.2) is 0 Å². The van der Waals surface area contributed by atoms with E-state index in [1.165, 1.54) is 44.5 Å². The van der Waals surface area contributed by atoms with Gasteiger partial charge in [-0.3, -0.25) is 0 Å². The van der Waals surface area contributed by atoms with Crippen molar-refractivity contribution in [1.29, 1.82) is 0 Å². The topological polar surface area (TPSA) is 0 Å². The Labute approximate surface area is 181 Å². The fourth-order valence-electron chi connectivity index (χ4n) is 3.61. The standard InChI is InChI=1S/C22H19.2ClH.Hf/c1-14(2)16-12-15(3)21(13-16)22-19-10-6-4-8-17(19)18-9-5-7-11-20(18)22;;;/h4-12,22H,1-3H3;2*1H;/q-1;;;/p-2. The average molecular weight is 533 g/mol. The third-order valence-corrected chi connectivity index (χ3v) is 4.72. The Hall–Kier alpha value is -0.890. The molecule has 2 aromatic rings. The number of allylic oxidation sites excluding steroid dienone is 6. The summed E-state index contributed by atoms with van der Waals surface area (Å²) in [7, 11) is 0. The van der Waals surface area contributed by atoms with Crippen LogP contribution in [-0.2, 0) is 25.8 Å². The molecule has 2 aliphatic carbocycles. The molecule has 128 valence electrons. The minimum atomic E-state index is 0. The van der Waals surface area contributed by atoms with Gasteiger partial charge in [-0.05, 0) is 22.3 Å². The Morgan fingerprint density at radius 3 is 1.76 bits per heavy atom. The molecule has 0 saturated heterocycles. The van der Waals surface area contributed by atoms with Crippen molar-refractivity contribution in [3.63, 3.8) is 0 Å². The molecule has 0 N–H and O–H groups in total. The minimum absolute atomic E-state index is 0. The van der Waals surface area contributed by atoms with Crippen LogP contribution in [0.4, 0.5) is 0 Å². The van der Waals surface area contributed by atoms with Gasteiger partial charge in [-0.25, -0.2) is 0 Å². The molecule has 0 radical (unpaired) electrons. The number of halogens is 2. The fraction of sp³-hybridized carbons (Fsp3) is 0.182. The molecular formula is C22H19Cl2Hf-3. The van der Waals surface area contributed by atoms with Gasteiger partial charge in [-0.1, -0.05) is 69.3 Å². The van der Waals surface area contributed by atoms with Gasteiger partial charge in [0.05, 0.1) is 0 Å². The third kappa shape index (κ3) is 3.65. The molecule has 0 spiro atoms. The molecule has 0 amide bonds. The van der Waals surface area contributed by atoms with Gasteiger partial charge in [0.25, 0.3) is 0 Å². The van der Waals surface area contributed by atoms with E-state index in [4.69, 9.17) is 0 Å². The molecule has 4 rings (SSSR count). The second-order valence-electron chi connectivity index (χ2n) is 6.39. The molecule has 0 unspecified atom stereocenters. The van der Waals surface area contributed by atoms with Gasteiger partial charge >= 0.3 is 0 Å². The molecule has 0 saturated carbocycles. The minimum Gasteiger partial charge on any atom is -1.00 e. The zero-order chi connectivity index (χ0) is 15.3. The Bertz CT molecular complexity index is 826. The Kier molecular flexibility index (Phi) is 7.68. The molecule has 0 aliphatic heterocycles. The van der Waals surface area contributed by atoms with Gasteiger partial charge in [0.2, 0.25) is 0 Å². The summed E-state index contributed by atoms with van der Waals surface area (Å²) in [5.41, 5.74) is 10.8. The molecule has 2 aromatic carbocycles. The normalized spacial score (nSPS) is 14.3. The van der Waals surface area contributed by atoms with Gasteiger partial charge < -0.3 is 24.8 Å². The zero-order valence-electron chi connectivity index (χ0n) is 14.5. The van der Waals surface area contributed by atoms with E-state index in [0.717, 1.165) is 0 Å². The van der Waals surface area contributed by atoms with Crippen LogP contribution < -0.4 is 24.8 Å². The van der Waals surface area contributed by atoms with Gasteiger partial charge in [-0.15, -0.1) is 17.2 Å². The first-order valence-electron chi connectivity index (χ1n) is 7.85. The maximum absolute atomic E-state index is 3.67. The maximum Gasteiger partial charge on any atom is 0.0177 e.